The Kier molecular flexibility index (Phi) is 4.26. The van der Waals surface area contributed by atoms with Crippen molar-refractivity contribution in [3.63, 3.8) is 0 Å². The van der Waals surface area contributed by atoms with Crippen molar-refractivity contribution in [1.29, 1.82) is 0 Å². The predicted octanol–water partition coefficient (Wildman–Crippen LogP) is 4.29. The van der Waals surface area contributed by atoms with Gasteiger partial charge in [0, 0.05) is 29.5 Å². The van der Waals surface area contributed by atoms with Crippen LogP contribution in [0.15, 0.2) is 67.0 Å². The normalized spacial score (nSPS) is 12.2. The molecule has 0 saturated heterocycles. The second kappa shape index (κ2) is 6.72. The molecule has 1 amide bonds. The summed E-state index contributed by atoms with van der Waals surface area (Å²) in [6, 6.07) is 15.7. The molecule has 4 rings (SSSR count). The Bertz CT molecular complexity index is 1070. The monoisotopic (exact) mass is 365 g/mol. The highest BCUT2D eigenvalue weighted by Crippen LogP contribution is 2.28. The predicted molar refractivity (Wildman–Crippen MR) is 101 cm³/mol. The van der Waals surface area contributed by atoms with Crippen LogP contribution in [0, 0.1) is 5.82 Å². The summed E-state index contributed by atoms with van der Waals surface area (Å²) in [6.45, 7) is 0. The Hall–Kier alpha value is -2.99. The van der Waals surface area contributed by atoms with Crippen LogP contribution in [0.25, 0.3) is 10.1 Å². The van der Waals surface area contributed by atoms with E-state index >= 15 is 0 Å². The summed E-state index contributed by atoms with van der Waals surface area (Å²) in [5, 5.41) is 3.51. The van der Waals surface area contributed by atoms with Crippen molar-refractivity contribution >= 4 is 27.3 Å². The molecule has 0 bridgehead atoms. The zero-order chi connectivity index (χ0) is 18.1. The van der Waals surface area contributed by atoms with Crippen LogP contribution >= 0.6 is 11.3 Å². The molecule has 26 heavy (non-hydrogen) atoms. The minimum absolute atomic E-state index is 0.248. The number of amides is 1. The summed E-state index contributed by atoms with van der Waals surface area (Å²) >= 11 is 1.28. The van der Waals surface area contributed by atoms with E-state index in [1.807, 2.05) is 54.2 Å². The number of benzene rings is 2. The number of hydrogen-bond acceptors (Lipinski definition) is 3. The van der Waals surface area contributed by atoms with Crippen molar-refractivity contribution in [2.24, 2.45) is 7.05 Å². The lowest BCUT2D eigenvalue weighted by atomic mass is 10.1. The fourth-order valence-corrected chi connectivity index (χ4v) is 3.92. The molecule has 0 aliphatic carbocycles. The third kappa shape index (κ3) is 2.99. The van der Waals surface area contributed by atoms with Gasteiger partial charge in [-0.15, -0.1) is 11.3 Å². The lowest BCUT2D eigenvalue weighted by Crippen LogP contribution is -2.30. The van der Waals surface area contributed by atoms with Gasteiger partial charge in [-0.1, -0.05) is 36.4 Å². The molecule has 1 unspecified atom stereocenters. The molecule has 4 nitrogen and oxygen atoms in total. The standard InChI is InChI=1S/C20H16FN3OS/c1-24-11-10-22-19(24)18(13-6-3-2-4-7-13)23-20(25)17-12-14-15(21)8-5-9-16(14)26-17/h2-12,18H,1H3,(H,23,25). The van der Waals surface area contributed by atoms with E-state index in [1.165, 1.54) is 17.4 Å². The number of nitrogens with one attached hydrogen (secondary N) is 1. The van der Waals surface area contributed by atoms with Crippen LogP contribution in [0.1, 0.15) is 27.1 Å². The first-order valence-corrected chi connectivity index (χ1v) is 8.96. The van der Waals surface area contributed by atoms with Crippen LogP contribution in [0.4, 0.5) is 4.39 Å². The molecular weight excluding hydrogens is 349 g/mol. The Morgan fingerprint density at radius 1 is 1.19 bits per heavy atom. The number of rotatable bonds is 4. The van der Waals surface area contributed by atoms with Crippen LogP contribution in [0.5, 0.6) is 0 Å². The number of aromatic nitrogens is 2. The van der Waals surface area contributed by atoms with Crippen molar-refractivity contribution in [1.82, 2.24) is 14.9 Å². The largest absolute Gasteiger partial charge is 0.337 e. The van der Waals surface area contributed by atoms with Gasteiger partial charge < -0.3 is 9.88 Å². The third-order valence-corrected chi connectivity index (χ3v) is 5.36. The number of fused-ring (bicyclic) bond motifs is 1. The SMILES string of the molecule is Cn1ccnc1C(NC(=O)c1cc2c(F)cccc2s1)c1ccccc1. The number of carbonyl (C=O) groups is 1. The first-order valence-electron chi connectivity index (χ1n) is 8.14. The molecule has 0 aliphatic rings. The third-order valence-electron chi connectivity index (χ3n) is 4.26. The number of halogens is 1. The van der Waals surface area contributed by atoms with Crippen molar-refractivity contribution in [2.75, 3.05) is 0 Å². The van der Waals surface area contributed by atoms with E-state index in [4.69, 9.17) is 0 Å². The molecule has 2 aromatic carbocycles. The van der Waals surface area contributed by atoms with Gasteiger partial charge in [-0.25, -0.2) is 9.37 Å². The van der Waals surface area contributed by atoms with Gasteiger partial charge in [-0.3, -0.25) is 4.79 Å². The number of hydrogen-bond donors (Lipinski definition) is 1. The smallest absolute Gasteiger partial charge is 0.262 e. The summed E-state index contributed by atoms with van der Waals surface area (Å²) in [5.74, 6) is 0.167. The van der Waals surface area contributed by atoms with Crippen molar-refractivity contribution in [3.8, 4) is 0 Å². The topological polar surface area (TPSA) is 46.9 Å². The van der Waals surface area contributed by atoms with E-state index in [2.05, 4.69) is 10.3 Å². The average Bonchev–Trinajstić information content (AvgIpc) is 3.27. The highest BCUT2D eigenvalue weighted by Gasteiger charge is 2.22. The number of aryl methyl sites for hydroxylation is 1. The minimum Gasteiger partial charge on any atom is -0.337 e. The Morgan fingerprint density at radius 2 is 2.00 bits per heavy atom. The van der Waals surface area contributed by atoms with E-state index in [0.29, 0.717) is 10.3 Å². The first-order chi connectivity index (χ1) is 12.6. The fraction of sp³-hybridized carbons (Fsp3) is 0.100. The second-order valence-corrected chi connectivity index (χ2v) is 7.06. The molecule has 0 radical (unpaired) electrons. The summed E-state index contributed by atoms with van der Waals surface area (Å²) in [7, 11) is 1.89. The maximum absolute atomic E-state index is 13.9. The van der Waals surface area contributed by atoms with Crippen LogP contribution in [-0.2, 0) is 7.05 Å². The van der Waals surface area contributed by atoms with Gasteiger partial charge in [0.05, 0.1) is 4.88 Å². The van der Waals surface area contributed by atoms with Crippen molar-refractivity contribution in [2.45, 2.75) is 6.04 Å². The van der Waals surface area contributed by atoms with Crippen molar-refractivity contribution < 1.29 is 9.18 Å². The molecule has 0 spiro atoms. The van der Waals surface area contributed by atoms with Crippen LogP contribution in [0.2, 0.25) is 0 Å². The highest BCUT2D eigenvalue weighted by molar-refractivity contribution is 7.20. The Balaban J connectivity index is 1.70. The van der Waals surface area contributed by atoms with Gasteiger partial charge in [-0.2, -0.15) is 0 Å². The highest BCUT2D eigenvalue weighted by atomic mass is 32.1. The molecule has 0 saturated carbocycles. The van der Waals surface area contributed by atoms with E-state index in [-0.39, 0.29) is 11.7 Å². The van der Waals surface area contributed by atoms with Gasteiger partial charge in [0.1, 0.15) is 17.7 Å². The second-order valence-electron chi connectivity index (χ2n) is 5.98. The van der Waals surface area contributed by atoms with Crippen LogP contribution in [0.3, 0.4) is 0 Å². The zero-order valence-corrected chi connectivity index (χ0v) is 14.8. The summed E-state index contributed by atoms with van der Waals surface area (Å²) < 4.78 is 16.6. The fourth-order valence-electron chi connectivity index (χ4n) is 2.94. The average molecular weight is 365 g/mol. The lowest BCUT2D eigenvalue weighted by molar-refractivity contribution is 0.0945. The molecule has 130 valence electrons. The number of carbonyl (C=O) groups excluding carboxylic acids is 1. The minimum atomic E-state index is -0.390. The molecule has 0 aliphatic heterocycles. The molecule has 6 heteroatoms. The van der Waals surface area contributed by atoms with Gasteiger partial charge >= 0.3 is 0 Å². The molecule has 1 atom stereocenters. The maximum Gasteiger partial charge on any atom is 0.262 e. The first kappa shape index (κ1) is 16.5. The van der Waals surface area contributed by atoms with Gasteiger partial charge in [0.25, 0.3) is 5.91 Å². The van der Waals surface area contributed by atoms with E-state index in [0.717, 1.165) is 16.1 Å². The molecular formula is C20H16FN3OS. The lowest BCUT2D eigenvalue weighted by Gasteiger charge is -2.18. The number of thiophene rings is 1. The molecule has 2 heterocycles. The maximum atomic E-state index is 13.9. The zero-order valence-electron chi connectivity index (χ0n) is 14.0. The quantitative estimate of drug-likeness (QED) is 0.586. The van der Waals surface area contributed by atoms with Crippen LogP contribution < -0.4 is 5.32 Å². The van der Waals surface area contributed by atoms with Gasteiger partial charge in [0.2, 0.25) is 0 Å². The summed E-state index contributed by atoms with van der Waals surface area (Å²) in [5.41, 5.74) is 0.933. The van der Waals surface area contributed by atoms with E-state index in [9.17, 15) is 9.18 Å². The Labute approximate surface area is 153 Å². The van der Waals surface area contributed by atoms with Crippen LogP contribution in [-0.4, -0.2) is 15.5 Å². The molecule has 2 aromatic heterocycles. The van der Waals surface area contributed by atoms with Gasteiger partial charge in [-0.05, 0) is 23.8 Å². The van der Waals surface area contributed by atoms with Crippen molar-refractivity contribution in [3.05, 3.63) is 89.1 Å². The summed E-state index contributed by atoms with van der Waals surface area (Å²) in [4.78, 5) is 17.7. The van der Waals surface area contributed by atoms with E-state index < -0.39 is 6.04 Å². The molecule has 1 N–H and O–H groups in total. The van der Waals surface area contributed by atoms with Gasteiger partial charge in [0.15, 0.2) is 0 Å². The summed E-state index contributed by atoms with van der Waals surface area (Å²) in [6.07, 6.45) is 3.54. The molecule has 4 aromatic rings. The molecule has 0 fully saturated rings. The van der Waals surface area contributed by atoms with E-state index in [1.54, 1.807) is 18.3 Å². The number of imidazole rings is 1. The Morgan fingerprint density at radius 3 is 2.69 bits per heavy atom. The number of nitrogens with zero attached hydrogens (tertiary/aromatic N) is 2.